The molecule has 2 heteroatoms. The lowest BCUT2D eigenvalue weighted by atomic mass is 10.0. The molecule has 1 aromatic carbocycles. The molecule has 0 heterocycles. The van der Waals surface area contributed by atoms with E-state index in [0.717, 1.165) is 18.7 Å². The predicted molar refractivity (Wildman–Crippen MR) is 72.2 cm³/mol. The molecule has 92 valence electrons. The Hall–Kier alpha value is -1.46. The monoisotopic (exact) mass is 231 g/mol. The number of benzene rings is 1. The lowest BCUT2D eigenvalue weighted by Gasteiger charge is -2.18. The Morgan fingerprint density at radius 3 is 2.88 bits per heavy atom. The van der Waals surface area contributed by atoms with Crippen LogP contribution in [0, 0.1) is 19.3 Å². The van der Waals surface area contributed by atoms with Crippen LogP contribution in [-0.4, -0.2) is 13.2 Å². The van der Waals surface area contributed by atoms with Crippen LogP contribution in [-0.2, 0) is 0 Å². The summed E-state index contributed by atoms with van der Waals surface area (Å²) in [5.74, 6) is 3.38. The number of hydrogen-bond acceptors (Lipinski definition) is 2. The van der Waals surface area contributed by atoms with Crippen LogP contribution in [0.5, 0.6) is 5.75 Å². The molecule has 1 rings (SSSR count). The second-order valence-corrected chi connectivity index (χ2v) is 4.21. The number of ether oxygens (including phenoxy) is 1. The summed E-state index contributed by atoms with van der Waals surface area (Å²) in [4.78, 5) is 0. The van der Waals surface area contributed by atoms with Crippen molar-refractivity contribution in [3.8, 4) is 18.1 Å². The minimum absolute atomic E-state index is 0.280. The predicted octanol–water partition coefficient (Wildman–Crippen LogP) is 3.07. The topological polar surface area (TPSA) is 21.3 Å². The summed E-state index contributed by atoms with van der Waals surface area (Å²) in [6.07, 6.45) is 6.34. The molecule has 0 saturated carbocycles. The number of nitrogens with one attached hydrogen (secondary N) is 1. The molecule has 1 atom stereocenters. The van der Waals surface area contributed by atoms with Gasteiger partial charge in [0.2, 0.25) is 0 Å². The molecule has 2 nitrogen and oxygen atoms in total. The number of terminal acetylenes is 1. The third-order valence-corrected chi connectivity index (χ3v) is 2.64. The Bertz CT molecular complexity index is 392. The highest BCUT2D eigenvalue weighted by molar-refractivity contribution is 5.39. The molecule has 0 amide bonds. The molecular weight excluding hydrogens is 210 g/mol. The van der Waals surface area contributed by atoms with Gasteiger partial charge < -0.3 is 10.1 Å². The molecule has 0 radical (unpaired) electrons. The highest BCUT2D eigenvalue weighted by Gasteiger charge is 2.11. The maximum absolute atomic E-state index is 5.57. The fourth-order valence-electron chi connectivity index (χ4n) is 1.73. The van der Waals surface area contributed by atoms with E-state index < -0.39 is 0 Å². The van der Waals surface area contributed by atoms with Gasteiger partial charge in [-0.15, -0.1) is 6.42 Å². The van der Waals surface area contributed by atoms with Crippen molar-refractivity contribution < 1.29 is 4.74 Å². The van der Waals surface area contributed by atoms with E-state index >= 15 is 0 Å². The summed E-state index contributed by atoms with van der Waals surface area (Å²) >= 11 is 0. The highest BCUT2D eigenvalue weighted by atomic mass is 16.5. The molecule has 0 saturated heterocycles. The third-order valence-electron chi connectivity index (χ3n) is 2.64. The Balaban J connectivity index is 2.86. The van der Waals surface area contributed by atoms with Crippen molar-refractivity contribution >= 4 is 0 Å². The molecule has 0 aliphatic rings. The van der Waals surface area contributed by atoms with Crippen molar-refractivity contribution in [2.75, 3.05) is 13.2 Å². The van der Waals surface area contributed by atoms with Gasteiger partial charge in [-0.1, -0.05) is 30.5 Å². The van der Waals surface area contributed by atoms with Crippen molar-refractivity contribution in [1.82, 2.24) is 5.32 Å². The van der Waals surface area contributed by atoms with E-state index in [0.29, 0.717) is 6.61 Å². The first-order valence-electron chi connectivity index (χ1n) is 6.09. The van der Waals surface area contributed by atoms with Crippen molar-refractivity contribution in [2.24, 2.45) is 0 Å². The summed E-state index contributed by atoms with van der Waals surface area (Å²) in [5.41, 5.74) is 2.41. The first-order valence-corrected chi connectivity index (χ1v) is 6.09. The normalized spacial score (nSPS) is 11.9. The zero-order valence-electron chi connectivity index (χ0n) is 10.9. The van der Waals surface area contributed by atoms with Gasteiger partial charge in [0.25, 0.3) is 0 Å². The summed E-state index contributed by atoms with van der Waals surface area (Å²) < 4.78 is 5.57. The Labute approximate surface area is 104 Å². The largest absolute Gasteiger partial charge is 0.481 e. The van der Waals surface area contributed by atoms with Crippen LogP contribution in [0.15, 0.2) is 18.2 Å². The first-order chi connectivity index (χ1) is 8.19. The van der Waals surface area contributed by atoms with E-state index in [1.165, 1.54) is 11.1 Å². The third kappa shape index (κ3) is 4.13. The van der Waals surface area contributed by atoms with Crippen molar-refractivity contribution in [3.05, 3.63) is 29.3 Å². The Kier molecular flexibility index (Phi) is 5.59. The second-order valence-electron chi connectivity index (χ2n) is 4.21. The van der Waals surface area contributed by atoms with Gasteiger partial charge in [0, 0.05) is 11.6 Å². The van der Waals surface area contributed by atoms with Crippen molar-refractivity contribution in [3.63, 3.8) is 0 Å². The van der Waals surface area contributed by atoms with Crippen LogP contribution in [0.4, 0.5) is 0 Å². The molecule has 0 aliphatic heterocycles. The molecule has 0 bridgehead atoms. The van der Waals surface area contributed by atoms with E-state index in [-0.39, 0.29) is 6.04 Å². The van der Waals surface area contributed by atoms with Crippen molar-refractivity contribution in [1.29, 1.82) is 0 Å². The summed E-state index contributed by atoms with van der Waals surface area (Å²) in [5, 5.41) is 3.46. The minimum Gasteiger partial charge on any atom is -0.481 e. The van der Waals surface area contributed by atoms with Crippen LogP contribution in [0.25, 0.3) is 0 Å². The first kappa shape index (κ1) is 13.6. The van der Waals surface area contributed by atoms with Gasteiger partial charge in [0.15, 0.2) is 0 Å². The molecule has 1 N–H and O–H groups in total. The van der Waals surface area contributed by atoms with Gasteiger partial charge in [-0.2, -0.15) is 0 Å². The molecule has 0 spiro atoms. The lowest BCUT2D eigenvalue weighted by molar-refractivity contribution is 0.360. The number of aryl methyl sites for hydroxylation is 1. The summed E-state index contributed by atoms with van der Waals surface area (Å²) in [7, 11) is 0. The van der Waals surface area contributed by atoms with Gasteiger partial charge in [-0.25, -0.2) is 0 Å². The van der Waals surface area contributed by atoms with Gasteiger partial charge in [-0.3, -0.25) is 0 Å². The lowest BCUT2D eigenvalue weighted by Crippen LogP contribution is -2.20. The fourth-order valence-corrected chi connectivity index (χ4v) is 1.73. The molecule has 0 aliphatic carbocycles. The molecular formula is C15H21NO. The molecule has 1 aromatic rings. The average molecular weight is 231 g/mol. The van der Waals surface area contributed by atoms with Gasteiger partial charge in [-0.05, 0) is 32.9 Å². The SMILES string of the molecule is C#CCOc1ccc(C)cc1C(C)NCCC. The van der Waals surface area contributed by atoms with E-state index in [1.807, 2.05) is 12.1 Å². The van der Waals surface area contributed by atoms with E-state index in [9.17, 15) is 0 Å². The molecule has 0 fully saturated rings. The Morgan fingerprint density at radius 1 is 1.47 bits per heavy atom. The van der Waals surface area contributed by atoms with Crippen LogP contribution < -0.4 is 10.1 Å². The molecule has 0 aromatic heterocycles. The quantitative estimate of drug-likeness (QED) is 0.760. The second kappa shape index (κ2) is 6.98. The minimum atomic E-state index is 0.280. The van der Waals surface area contributed by atoms with Crippen LogP contribution in [0.1, 0.15) is 37.4 Å². The van der Waals surface area contributed by atoms with Crippen LogP contribution in [0.2, 0.25) is 0 Å². The Morgan fingerprint density at radius 2 is 2.24 bits per heavy atom. The summed E-state index contributed by atoms with van der Waals surface area (Å²) in [6, 6.07) is 6.47. The molecule has 17 heavy (non-hydrogen) atoms. The zero-order chi connectivity index (χ0) is 12.7. The number of rotatable bonds is 6. The fraction of sp³-hybridized carbons (Fsp3) is 0.467. The maximum atomic E-state index is 5.57. The highest BCUT2D eigenvalue weighted by Crippen LogP contribution is 2.26. The van der Waals surface area contributed by atoms with Crippen LogP contribution >= 0.6 is 0 Å². The van der Waals surface area contributed by atoms with Gasteiger partial charge in [0.1, 0.15) is 12.4 Å². The van der Waals surface area contributed by atoms with Crippen LogP contribution in [0.3, 0.4) is 0 Å². The maximum Gasteiger partial charge on any atom is 0.148 e. The standard InChI is InChI=1S/C15H21NO/c1-5-9-16-13(4)14-11-12(3)7-8-15(14)17-10-6-2/h2,7-8,11,13,16H,5,9-10H2,1,3-4H3. The van der Waals surface area contributed by atoms with Gasteiger partial charge >= 0.3 is 0 Å². The molecule has 1 unspecified atom stereocenters. The van der Waals surface area contributed by atoms with E-state index in [4.69, 9.17) is 11.2 Å². The zero-order valence-corrected chi connectivity index (χ0v) is 10.9. The number of hydrogen-bond donors (Lipinski definition) is 1. The summed E-state index contributed by atoms with van der Waals surface area (Å²) in [6.45, 7) is 7.71. The van der Waals surface area contributed by atoms with E-state index in [1.54, 1.807) is 0 Å². The van der Waals surface area contributed by atoms with Crippen molar-refractivity contribution in [2.45, 2.75) is 33.2 Å². The average Bonchev–Trinajstić information content (AvgIpc) is 2.34. The van der Waals surface area contributed by atoms with E-state index in [2.05, 4.69) is 38.1 Å². The smallest absolute Gasteiger partial charge is 0.148 e. The van der Waals surface area contributed by atoms with Gasteiger partial charge in [0.05, 0.1) is 0 Å².